The molecule has 106 valence electrons. The predicted molar refractivity (Wildman–Crippen MR) is 82.9 cm³/mol. The minimum absolute atomic E-state index is 0.00246. The highest BCUT2D eigenvalue weighted by Gasteiger charge is 2.22. The van der Waals surface area contributed by atoms with E-state index >= 15 is 0 Å². The van der Waals surface area contributed by atoms with E-state index in [0.717, 1.165) is 5.56 Å². The van der Waals surface area contributed by atoms with E-state index in [4.69, 9.17) is 28.9 Å². The molecule has 0 atom stereocenters. The number of hydrogen-bond acceptors (Lipinski definition) is 3. The van der Waals surface area contributed by atoms with Crippen LogP contribution in [-0.2, 0) is 10.0 Å². The van der Waals surface area contributed by atoms with Gasteiger partial charge in [-0.25, -0.2) is 8.42 Å². The van der Waals surface area contributed by atoms with Crippen molar-refractivity contribution in [3.8, 4) is 0 Å². The summed E-state index contributed by atoms with van der Waals surface area (Å²) in [5.41, 5.74) is 7.08. The molecule has 0 aromatic heterocycles. The van der Waals surface area contributed by atoms with Crippen molar-refractivity contribution in [2.75, 3.05) is 10.5 Å². The third-order valence-electron chi connectivity index (χ3n) is 2.58. The van der Waals surface area contributed by atoms with Crippen molar-refractivity contribution in [1.29, 1.82) is 0 Å². The minimum Gasteiger partial charge on any atom is -0.398 e. The molecule has 0 radical (unpaired) electrons. The number of sulfonamides is 1. The predicted octanol–water partition coefficient (Wildman–Crippen LogP) is 3.68. The zero-order valence-corrected chi connectivity index (χ0v) is 12.9. The topological polar surface area (TPSA) is 72.2 Å². The standard InChI is InChI=1S/C13H12Cl2N2O2S/c1-8-3-2-4-10(5-8)17-20(18,19)13-11(15)6-9(14)7-12(13)16/h2-7,17H,16H2,1H3. The maximum absolute atomic E-state index is 12.3. The highest BCUT2D eigenvalue weighted by molar-refractivity contribution is 7.93. The average molecular weight is 331 g/mol. The highest BCUT2D eigenvalue weighted by Crippen LogP contribution is 2.32. The third-order valence-corrected chi connectivity index (χ3v) is 4.70. The van der Waals surface area contributed by atoms with Crippen LogP contribution in [0.3, 0.4) is 0 Å². The molecule has 0 spiro atoms. The number of rotatable bonds is 3. The maximum atomic E-state index is 12.3. The van der Waals surface area contributed by atoms with Crippen LogP contribution in [0, 0.1) is 6.92 Å². The second-order valence-corrected chi connectivity index (χ2v) is 6.74. The van der Waals surface area contributed by atoms with Crippen molar-refractivity contribution >= 4 is 44.6 Å². The molecule has 4 nitrogen and oxygen atoms in total. The first-order chi connectivity index (χ1) is 9.29. The van der Waals surface area contributed by atoms with E-state index in [0.29, 0.717) is 5.69 Å². The Bertz CT molecular complexity index is 738. The molecule has 0 fully saturated rings. The summed E-state index contributed by atoms with van der Waals surface area (Å²) in [6.45, 7) is 1.86. The van der Waals surface area contributed by atoms with E-state index in [2.05, 4.69) is 4.72 Å². The van der Waals surface area contributed by atoms with E-state index < -0.39 is 10.0 Å². The van der Waals surface area contributed by atoms with Gasteiger partial charge in [0.2, 0.25) is 0 Å². The monoisotopic (exact) mass is 330 g/mol. The number of nitrogens with two attached hydrogens (primary N) is 1. The van der Waals surface area contributed by atoms with Gasteiger partial charge in [0.05, 0.1) is 10.7 Å². The van der Waals surface area contributed by atoms with Gasteiger partial charge in [0, 0.05) is 10.7 Å². The fourth-order valence-corrected chi connectivity index (χ4v) is 3.82. The first-order valence-corrected chi connectivity index (χ1v) is 7.87. The van der Waals surface area contributed by atoms with Crippen molar-refractivity contribution in [1.82, 2.24) is 0 Å². The molecule has 3 N–H and O–H groups in total. The lowest BCUT2D eigenvalue weighted by Crippen LogP contribution is -2.15. The van der Waals surface area contributed by atoms with Crippen LogP contribution in [-0.4, -0.2) is 8.42 Å². The Morgan fingerprint density at radius 3 is 2.45 bits per heavy atom. The second kappa shape index (κ2) is 5.52. The Labute approximate surface area is 127 Å². The van der Waals surface area contributed by atoms with E-state index in [1.165, 1.54) is 12.1 Å². The van der Waals surface area contributed by atoms with Crippen molar-refractivity contribution < 1.29 is 8.42 Å². The van der Waals surface area contributed by atoms with Crippen LogP contribution in [0.15, 0.2) is 41.3 Å². The lowest BCUT2D eigenvalue weighted by atomic mass is 10.2. The van der Waals surface area contributed by atoms with Gasteiger partial charge in [-0.2, -0.15) is 0 Å². The highest BCUT2D eigenvalue weighted by atomic mass is 35.5. The average Bonchev–Trinajstić information content (AvgIpc) is 2.25. The fraction of sp³-hybridized carbons (Fsp3) is 0.0769. The largest absolute Gasteiger partial charge is 0.398 e. The number of aryl methyl sites for hydroxylation is 1. The Morgan fingerprint density at radius 2 is 1.85 bits per heavy atom. The van der Waals surface area contributed by atoms with Crippen LogP contribution in [0.4, 0.5) is 11.4 Å². The minimum atomic E-state index is -3.87. The van der Waals surface area contributed by atoms with E-state index in [1.807, 2.05) is 13.0 Å². The molecule has 2 aromatic carbocycles. The van der Waals surface area contributed by atoms with Crippen molar-refractivity contribution in [3.63, 3.8) is 0 Å². The van der Waals surface area contributed by atoms with Gasteiger partial charge < -0.3 is 5.73 Å². The Balaban J connectivity index is 2.46. The maximum Gasteiger partial charge on any atom is 0.265 e. The summed E-state index contributed by atoms with van der Waals surface area (Å²) in [5.74, 6) is 0. The summed E-state index contributed by atoms with van der Waals surface area (Å²) in [6, 6.07) is 9.64. The number of benzene rings is 2. The quantitative estimate of drug-likeness (QED) is 0.843. The molecule has 0 saturated carbocycles. The number of anilines is 2. The normalized spacial score (nSPS) is 11.3. The summed E-state index contributed by atoms with van der Waals surface area (Å²) in [5, 5.41) is 0.261. The molecule has 0 bridgehead atoms. The molecule has 2 aromatic rings. The second-order valence-electron chi connectivity index (χ2n) is 4.28. The van der Waals surface area contributed by atoms with Crippen molar-refractivity contribution in [3.05, 3.63) is 52.0 Å². The summed E-state index contributed by atoms with van der Waals surface area (Å²) in [4.78, 5) is -0.176. The van der Waals surface area contributed by atoms with Gasteiger partial charge in [0.1, 0.15) is 4.90 Å². The number of nitrogen functional groups attached to an aromatic ring is 1. The van der Waals surface area contributed by atoms with E-state index in [-0.39, 0.29) is 20.6 Å². The van der Waals surface area contributed by atoms with Gasteiger partial charge in [-0.15, -0.1) is 0 Å². The molecule has 0 aliphatic heterocycles. The molecule has 0 aliphatic carbocycles. The van der Waals surface area contributed by atoms with Crippen molar-refractivity contribution in [2.24, 2.45) is 0 Å². The Kier molecular flexibility index (Phi) is 4.13. The molecule has 0 heterocycles. The SMILES string of the molecule is Cc1cccc(NS(=O)(=O)c2c(N)cc(Cl)cc2Cl)c1. The van der Waals surface area contributed by atoms with Crippen LogP contribution in [0.5, 0.6) is 0 Å². The lowest BCUT2D eigenvalue weighted by molar-refractivity contribution is 0.601. The molecule has 0 amide bonds. The molecular formula is C13H12Cl2N2O2S. The first-order valence-electron chi connectivity index (χ1n) is 5.63. The summed E-state index contributed by atoms with van der Waals surface area (Å²) in [6.07, 6.45) is 0. The summed E-state index contributed by atoms with van der Waals surface area (Å²) >= 11 is 11.7. The first kappa shape index (κ1) is 15.0. The number of halogens is 2. The summed E-state index contributed by atoms with van der Waals surface area (Å²) < 4.78 is 27.1. The molecule has 20 heavy (non-hydrogen) atoms. The zero-order chi connectivity index (χ0) is 14.9. The van der Waals surface area contributed by atoms with Crippen LogP contribution in [0.25, 0.3) is 0 Å². The zero-order valence-electron chi connectivity index (χ0n) is 10.5. The van der Waals surface area contributed by atoms with Crippen LogP contribution >= 0.6 is 23.2 Å². The summed E-state index contributed by atoms with van der Waals surface area (Å²) in [7, 11) is -3.87. The van der Waals surface area contributed by atoms with E-state index in [9.17, 15) is 8.42 Å². The van der Waals surface area contributed by atoms with E-state index in [1.54, 1.807) is 18.2 Å². The fourth-order valence-electron chi connectivity index (χ4n) is 1.78. The molecule has 0 aliphatic rings. The van der Waals surface area contributed by atoms with Gasteiger partial charge in [-0.1, -0.05) is 35.3 Å². The number of hydrogen-bond donors (Lipinski definition) is 2. The van der Waals surface area contributed by atoms with Gasteiger partial charge in [0.15, 0.2) is 0 Å². The Hall–Kier alpha value is -1.43. The molecular weight excluding hydrogens is 319 g/mol. The molecule has 0 unspecified atom stereocenters. The number of nitrogens with one attached hydrogen (secondary N) is 1. The van der Waals surface area contributed by atoms with Crippen LogP contribution in [0.1, 0.15) is 5.56 Å². The van der Waals surface area contributed by atoms with Gasteiger partial charge >= 0.3 is 0 Å². The molecule has 0 saturated heterocycles. The Morgan fingerprint density at radius 1 is 1.15 bits per heavy atom. The smallest absolute Gasteiger partial charge is 0.265 e. The van der Waals surface area contributed by atoms with Crippen molar-refractivity contribution in [2.45, 2.75) is 11.8 Å². The van der Waals surface area contributed by atoms with Crippen LogP contribution in [0.2, 0.25) is 10.0 Å². The van der Waals surface area contributed by atoms with Crippen LogP contribution < -0.4 is 10.5 Å². The third kappa shape index (κ3) is 3.17. The van der Waals surface area contributed by atoms with Gasteiger partial charge in [0.25, 0.3) is 10.0 Å². The molecule has 2 rings (SSSR count). The van der Waals surface area contributed by atoms with Gasteiger partial charge in [-0.05, 0) is 36.8 Å². The van der Waals surface area contributed by atoms with Gasteiger partial charge in [-0.3, -0.25) is 4.72 Å². The lowest BCUT2D eigenvalue weighted by Gasteiger charge is -2.12. The molecule has 7 heteroatoms.